The van der Waals surface area contributed by atoms with Crippen LogP contribution in [0.25, 0.3) is 0 Å². The molecular weight excluding hydrogens is 329 g/mol. The number of aromatic nitrogens is 1. The van der Waals surface area contributed by atoms with Crippen LogP contribution in [-0.4, -0.2) is 16.8 Å². The van der Waals surface area contributed by atoms with Crippen LogP contribution < -0.4 is 10.6 Å². The van der Waals surface area contributed by atoms with Gasteiger partial charge in [0.1, 0.15) is 5.82 Å². The van der Waals surface area contributed by atoms with Crippen molar-refractivity contribution in [2.75, 3.05) is 10.6 Å². The first-order valence-electron chi connectivity index (χ1n) is 7.99. The van der Waals surface area contributed by atoms with Crippen LogP contribution in [0, 0.1) is 5.82 Å². The lowest BCUT2D eigenvalue weighted by Gasteiger charge is -2.24. The molecule has 1 atom stereocenters. The van der Waals surface area contributed by atoms with Crippen LogP contribution in [0.1, 0.15) is 41.3 Å². The summed E-state index contributed by atoms with van der Waals surface area (Å²) in [4.78, 5) is 30.2. The molecule has 0 radical (unpaired) electrons. The van der Waals surface area contributed by atoms with Crippen molar-refractivity contribution >= 4 is 34.0 Å². The number of aryl methyl sites for hydroxylation is 2. The number of anilines is 2. The van der Waals surface area contributed by atoms with E-state index in [2.05, 4.69) is 15.6 Å². The van der Waals surface area contributed by atoms with Gasteiger partial charge in [0.05, 0.1) is 11.6 Å². The number of amides is 2. The highest BCUT2D eigenvalue weighted by atomic mass is 32.1. The van der Waals surface area contributed by atoms with E-state index in [1.54, 1.807) is 6.07 Å². The molecule has 1 aliphatic heterocycles. The van der Waals surface area contributed by atoms with E-state index in [1.807, 2.05) is 0 Å². The fourth-order valence-corrected chi connectivity index (χ4v) is 4.32. The van der Waals surface area contributed by atoms with E-state index in [4.69, 9.17) is 0 Å². The predicted octanol–water partition coefficient (Wildman–Crippen LogP) is 3.23. The van der Waals surface area contributed by atoms with Crippen molar-refractivity contribution in [1.82, 2.24) is 4.98 Å². The van der Waals surface area contributed by atoms with Crippen molar-refractivity contribution in [2.24, 2.45) is 0 Å². The number of thiazole rings is 1. The second kappa shape index (κ2) is 5.98. The quantitative estimate of drug-likeness (QED) is 0.878. The van der Waals surface area contributed by atoms with E-state index in [0.717, 1.165) is 31.4 Å². The molecule has 2 aliphatic rings. The zero-order valence-electron chi connectivity index (χ0n) is 12.9. The summed E-state index contributed by atoms with van der Waals surface area (Å²) >= 11 is 1.51. The first kappa shape index (κ1) is 15.3. The van der Waals surface area contributed by atoms with Crippen LogP contribution in [0.15, 0.2) is 18.2 Å². The standard InChI is InChI=1S/C17H16FN3O2S/c18-9-5-6-10-11(8-15(22)19-13(10)7-9)16(23)21-17-20-12-3-1-2-4-14(12)24-17/h5-7,11H,1-4,8H2,(H,19,22)(H,20,21,23)/t11-/m0/s1. The highest BCUT2D eigenvalue weighted by molar-refractivity contribution is 7.15. The minimum absolute atomic E-state index is 0.0511. The number of nitrogens with one attached hydrogen (secondary N) is 2. The molecule has 0 unspecified atom stereocenters. The lowest BCUT2D eigenvalue weighted by atomic mass is 9.90. The molecule has 4 rings (SSSR count). The number of benzene rings is 1. The molecule has 2 N–H and O–H groups in total. The largest absolute Gasteiger partial charge is 0.326 e. The highest BCUT2D eigenvalue weighted by Crippen LogP contribution is 2.35. The fraction of sp³-hybridized carbons (Fsp3) is 0.353. The van der Waals surface area contributed by atoms with Crippen LogP contribution in [0.5, 0.6) is 0 Å². The summed E-state index contributed by atoms with van der Waals surface area (Å²) in [6, 6.07) is 4.11. The van der Waals surface area contributed by atoms with E-state index in [1.165, 1.54) is 28.3 Å². The van der Waals surface area contributed by atoms with Gasteiger partial charge in [-0.25, -0.2) is 9.37 Å². The number of hydrogen-bond donors (Lipinski definition) is 2. The third kappa shape index (κ3) is 2.80. The molecule has 0 bridgehead atoms. The summed E-state index contributed by atoms with van der Waals surface area (Å²) in [5, 5.41) is 6.04. The monoisotopic (exact) mass is 345 g/mol. The van der Waals surface area contributed by atoms with Gasteiger partial charge in [-0.05, 0) is 43.4 Å². The van der Waals surface area contributed by atoms with E-state index in [9.17, 15) is 14.0 Å². The maximum Gasteiger partial charge on any atom is 0.234 e. The Balaban J connectivity index is 1.58. The van der Waals surface area contributed by atoms with Gasteiger partial charge in [0.2, 0.25) is 11.8 Å². The maximum absolute atomic E-state index is 13.4. The third-order valence-corrected chi connectivity index (χ3v) is 5.52. The molecule has 0 fully saturated rings. The third-order valence-electron chi connectivity index (χ3n) is 4.45. The Labute approximate surface area is 142 Å². The van der Waals surface area contributed by atoms with E-state index in [-0.39, 0.29) is 18.2 Å². The van der Waals surface area contributed by atoms with Crippen molar-refractivity contribution in [2.45, 2.75) is 38.0 Å². The molecule has 1 aliphatic carbocycles. The Morgan fingerprint density at radius 2 is 2.17 bits per heavy atom. The van der Waals surface area contributed by atoms with Gasteiger partial charge in [-0.15, -0.1) is 11.3 Å². The van der Waals surface area contributed by atoms with Gasteiger partial charge in [-0.1, -0.05) is 6.07 Å². The summed E-state index contributed by atoms with van der Waals surface area (Å²) < 4.78 is 13.4. The predicted molar refractivity (Wildman–Crippen MR) is 89.8 cm³/mol. The summed E-state index contributed by atoms with van der Waals surface area (Å²) in [7, 11) is 0. The second-order valence-corrected chi connectivity index (χ2v) is 7.21. The Bertz CT molecular complexity index is 810. The Kier molecular flexibility index (Phi) is 3.80. The SMILES string of the molecule is O=C1C[C@H](C(=O)Nc2nc3c(s2)CCCC3)c2ccc(F)cc2N1. The minimum Gasteiger partial charge on any atom is -0.326 e. The van der Waals surface area contributed by atoms with Crippen LogP contribution in [0.4, 0.5) is 15.2 Å². The van der Waals surface area contributed by atoms with Gasteiger partial charge < -0.3 is 10.6 Å². The van der Waals surface area contributed by atoms with Gasteiger partial charge in [-0.3, -0.25) is 9.59 Å². The molecule has 5 nitrogen and oxygen atoms in total. The number of carbonyl (C=O) groups excluding carboxylic acids is 2. The molecular formula is C17H16FN3O2S. The Morgan fingerprint density at radius 1 is 1.33 bits per heavy atom. The first-order valence-corrected chi connectivity index (χ1v) is 8.80. The normalized spacial score (nSPS) is 19.2. The molecule has 24 heavy (non-hydrogen) atoms. The second-order valence-electron chi connectivity index (χ2n) is 6.12. The summed E-state index contributed by atoms with van der Waals surface area (Å²) in [6.45, 7) is 0. The summed E-state index contributed by atoms with van der Waals surface area (Å²) in [5.41, 5.74) is 2.07. The van der Waals surface area contributed by atoms with Crippen molar-refractivity contribution in [3.63, 3.8) is 0 Å². The zero-order valence-corrected chi connectivity index (χ0v) is 13.7. The van der Waals surface area contributed by atoms with Crippen LogP contribution in [-0.2, 0) is 22.4 Å². The molecule has 0 saturated carbocycles. The molecule has 2 heterocycles. The number of carbonyl (C=O) groups is 2. The molecule has 1 aromatic carbocycles. The van der Waals surface area contributed by atoms with Crippen molar-refractivity contribution in [3.8, 4) is 0 Å². The molecule has 0 spiro atoms. The number of rotatable bonds is 2. The van der Waals surface area contributed by atoms with Crippen LogP contribution in [0.3, 0.4) is 0 Å². The van der Waals surface area contributed by atoms with Gasteiger partial charge in [0.15, 0.2) is 5.13 Å². The number of hydrogen-bond acceptors (Lipinski definition) is 4. The van der Waals surface area contributed by atoms with Crippen molar-refractivity contribution < 1.29 is 14.0 Å². The maximum atomic E-state index is 13.4. The minimum atomic E-state index is -0.629. The van der Waals surface area contributed by atoms with Gasteiger partial charge in [-0.2, -0.15) is 0 Å². The first-order chi connectivity index (χ1) is 11.6. The highest BCUT2D eigenvalue weighted by Gasteiger charge is 2.31. The average molecular weight is 345 g/mol. The van der Waals surface area contributed by atoms with Gasteiger partial charge in [0, 0.05) is 17.0 Å². The van der Waals surface area contributed by atoms with E-state index in [0.29, 0.717) is 16.4 Å². The molecule has 2 aromatic rings. The smallest absolute Gasteiger partial charge is 0.234 e. The van der Waals surface area contributed by atoms with Crippen LogP contribution in [0.2, 0.25) is 0 Å². The zero-order chi connectivity index (χ0) is 16.7. The number of fused-ring (bicyclic) bond motifs is 2. The van der Waals surface area contributed by atoms with E-state index < -0.39 is 11.7 Å². The van der Waals surface area contributed by atoms with Crippen molar-refractivity contribution in [1.29, 1.82) is 0 Å². The Hall–Kier alpha value is -2.28. The summed E-state index contributed by atoms with van der Waals surface area (Å²) in [5.74, 6) is -1.63. The lowest BCUT2D eigenvalue weighted by molar-refractivity contribution is -0.123. The fourth-order valence-electron chi connectivity index (χ4n) is 3.27. The average Bonchev–Trinajstić information content (AvgIpc) is 2.95. The topological polar surface area (TPSA) is 71.1 Å². The summed E-state index contributed by atoms with van der Waals surface area (Å²) in [6.07, 6.45) is 4.30. The van der Waals surface area contributed by atoms with Gasteiger partial charge in [0.25, 0.3) is 0 Å². The van der Waals surface area contributed by atoms with Crippen LogP contribution >= 0.6 is 11.3 Å². The lowest BCUT2D eigenvalue weighted by Crippen LogP contribution is -2.30. The molecule has 7 heteroatoms. The van der Waals surface area contributed by atoms with Crippen molar-refractivity contribution in [3.05, 3.63) is 40.2 Å². The van der Waals surface area contributed by atoms with E-state index >= 15 is 0 Å². The molecule has 124 valence electrons. The van der Waals surface area contributed by atoms with Gasteiger partial charge >= 0.3 is 0 Å². The molecule has 1 aromatic heterocycles. The number of nitrogens with zero attached hydrogens (tertiary/aromatic N) is 1. The number of halogens is 1. The molecule has 0 saturated heterocycles. The molecule has 2 amide bonds. The Morgan fingerprint density at radius 3 is 3.00 bits per heavy atom.